The van der Waals surface area contributed by atoms with Gasteiger partial charge in [-0.25, -0.2) is 4.99 Å². The molecule has 0 fully saturated rings. The predicted octanol–water partition coefficient (Wildman–Crippen LogP) is 7.04. The summed E-state index contributed by atoms with van der Waals surface area (Å²) in [5.41, 5.74) is 5.69. The van der Waals surface area contributed by atoms with Crippen LogP contribution < -0.4 is 9.47 Å². The highest BCUT2D eigenvalue weighted by Gasteiger charge is 2.23. The summed E-state index contributed by atoms with van der Waals surface area (Å²) in [5, 5.41) is 11.2. The molecule has 6 nitrogen and oxygen atoms in total. The van der Waals surface area contributed by atoms with Gasteiger partial charge in [-0.15, -0.1) is 0 Å². The lowest BCUT2D eigenvalue weighted by atomic mass is 9.98. The molecular weight excluding hydrogens is 438 g/mol. The van der Waals surface area contributed by atoms with Crippen molar-refractivity contribution in [2.24, 2.45) is 4.99 Å². The van der Waals surface area contributed by atoms with Crippen molar-refractivity contribution in [1.29, 1.82) is 5.26 Å². The van der Waals surface area contributed by atoms with Crippen molar-refractivity contribution in [2.45, 2.75) is 6.92 Å². The largest absolute Gasteiger partial charge is 0.497 e. The smallest absolute Gasteiger partial charge is 0.238 e. The molecule has 0 saturated carbocycles. The van der Waals surface area contributed by atoms with Crippen LogP contribution in [0.1, 0.15) is 16.8 Å². The number of H-pyrrole nitrogens is 1. The third-order valence-electron chi connectivity index (χ3n) is 5.99. The number of methoxy groups -OCH3 is 2. The Morgan fingerprint density at radius 3 is 2.14 bits per heavy atom. The summed E-state index contributed by atoms with van der Waals surface area (Å²) >= 11 is 0. The van der Waals surface area contributed by atoms with Crippen LogP contribution in [0.25, 0.3) is 33.4 Å². The number of nitriles is 1. The number of hydrogen-bond donors (Lipinski definition) is 1. The van der Waals surface area contributed by atoms with Gasteiger partial charge in [0.05, 0.1) is 14.2 Å². The number of fused-ring (bicyclic) bond motifs is 1. The molecule has 0 radical (unpaired) electrons. The van der Waals surface area contributed by atoms with Crippen molar-refractivity contribution in [2.75, 3.05) is 14.2 Å². The lowest BCUT2D eigenvalue weighted by Gasteiger charge is -2.06. The fourth-order valence-electron chi connectivity index (χ4n) is 4.18. The van der Waals surface area contributed by atoms with E-state index < -0.39 is 0 Å². The van der Waals surface area contributed by atoms with Crippen molar-refractivity contribution >= 4 is 23.0 Å². The summed E-state index contributed by atoms with van der Waals surface area (Å²) in [7, 11) is 3.24. The molecular formula is C29H23N3O3. The molecule has 0 atom stereocenters. The Hall–Kier alpha value is -4.76. The number of nitrogens with zero attached hydrogens (tertiary/aromatic N) is 2. The molecule has 0 aliphatic heterocycles. The number of hydrogen-bond acceptors (Lipinski definition) is 5. The third-order valence-corrected chi connectivity index (χ3v) is 5.99. The number of rotatable bonds is 6. The SMILES string of the molecule is COc1ccc(-c2oc(/N=C/c3c(C)[nH]c4ccccc34)c(C#N)c2-c2ccc(OC)cc2)cc1. The molecule has 1 N–H and O–H groups in total. The average molecular weight is 462 g/mol. The van der Waals surface area contributed by atoms with E-state index in [0.29, 0.717) is 16.9 Å². The number of aromatic amines is 1. The summed E-state index contributed by atoms with van der Waals surface area (Å²) in [6.07, 6.45) is 1.75. The number of furan rings is 1. The van der Waals surface area contributed by atoms with Crippen molar-refractivity contribution in [1.82, 2.24) is 4.98 Å². The van der Waals surface area contributed by atoms with Crippen LogP contribution in [0.5, 0.6) is 11.5 Å². The van der Waals surface area contributed by atoms with E-state index in [2.05, 4.69) is 16.0 Å². The number of aromatic nitrogens is 1. The first-order valence-electron chi connectivity index (χ1n) is 11.1. The van der Waals surface area contributed by atoms with Crippen LogP contribution in [0.4, 0.5) is 5.88 Å². The Bertz CT molecular complexity index is 1570. The van der Waals surface area contributed by atoms with Crippen molar-refractivity contribution in [3.63, 3.8) is 0 Å². The molecule has 5 aromatic rings. The molecule has 5 rings (SSSR count). The molecule has 172 valence electrons. The van der Waals surface area contributed by atoms with E-state index in [9.17, 15) is 5.26 Å². The van der Waals surface area contributed by atoms with Crippen molar-refractivity contribution in [3.8, 4) is 40.0 Å². The number of para-hydroxylation sites is 1. The van der Waals surface area contributed by atoms with Crippen LogP contribution in [0, 0.1) is 18.3 Å². The minimum atomic E-state index is 0.258. The first-order chi connectivity index (χ1) is 17.1. The summed E-state index contributed by atoms with van der Waals surface area (Å²) in [6, 6.07) is 25.4. The van der Waals surface area contributed by atoms with Gasteiger partial charge >= 0.3 is 0 Å². The Morgan fingerprint density at radius 1 is 0.886 bits per heavy atom. The van der Waals surface area contributed by atoms with E-state index in [1.807, 2.05) is 79.7 Å². The van der Waals surface area contributed by atoms with Crippen molar-refractivity contribution in [3.05, 3.63) is 89.6 Å². The standard InChI is InChI=1S/C29H23N3O3/c1-18-25(23-6-4-5-7-26(23)32-18)17-31-29-24(16-30)27(19-8-12-21(33-2)13-9-19)28(35-29)20-10-14-22(34-3)15-11-20/h4-15,17,32H,1-3H3/b31-17+. The zero-order chi connectivity index (χ0) is 24.4. The Kier molecular flexibility index (Phi) is 5.82. The van der Waals surface area contributed by atoms with Gasteiger partial charge in [-0.1, -0.05) is 30.3 Å². The van der Waals surface area contributed by atoms with E-state index in [1.54, 1.807) is 20.4 Å². The van der Waals surface area contributed by atoms with E-state index in [-0.39, 0.29) is 5.88 Å². The Morgan fingerprint density at radius 2 is 1.51 bits per heavy atom. The van der Waals surface area contributed by atoms with Gasteiger partial charge in [0.25, 0.3) is 0 Å². The zero-order valence-corrected chi connectivity index (χ0v) is 19.6. The third kappa shape index (κ3) is 4.04. The highest BCUT2D eigenvalue weighted by molar-refractivity contribution is 6.01. The maximum Gasteiger partial charge on any atom is 0.238 e. The molecule has 2 aromatic heterocycles. The maximum atomic E-state index is 10.2. The average Bonchev–Trinajstić information content (AvgIpc) is 3.44. The van der Waals surface area contributed by atoms with Gasteiger partial charge in [-0.05, 0) is 55.0 Å². The van der Waals surface area contributed by atoms with Gasteiger partial charge in [-0.2, -0.15) is 5.26 Å². The van der Waals surface area contributed by atoms with Crippen molar-refractivity contribution < 1.29 is 13.9 Å². The molecule has 0 amide bonds. The molecule has 6 heteroatoms. The monoisotopic (exact) mass is 461 g/mol. The highest BCUT2D eigenvalue weighted by Crippen LogP contribution is 2.43. The zero-order valence-electron chi connectivity index (χ0n) is 19.6. The second kappa shape index (κ2) is 9.24. The van der Waals surface area contributed by atoms with Gasteiger partial charge in [0.2, 0.25) is 5.88 Å². The highest BCUT2D eigenvalue weighted by atomic mass is 16.5. The summed E-state index contributed by atoms with van der Waals surface area (Å²) in [6.45, 7) is 2.00. The minimum Gasteiger partial charge on any atom is -0.497 e. The van der Waals surface area contributed by atoms with Gasteiger partial charge in [-0.3, -0.25) is 0 Å². The Labute approximate surface area is 203 Å². The molecule has 0 aliphatic rings. The molecule has 0 aliphatic carbocycles. The first kappa shape index (κ1) is 22.1. The van der Waals surface area contributed by atoms with Gasteiger partial charge in [0.1, 0.15) is 28.9 Å². The minimum absolute atomic E-state index is 0.258. The summed E-state index contributed by atoms with van der Waals surface area (Å²) in [5.74, 6) is 2.29. The van der Waals surface area contributed by atoms with Crippen LogP contribution in [-0.4, -0.2) is 25.4 Å². The second-order valence-electron chi connectivity index (χ2n) is 8.02. The van der Waals surface area contributed by atoms with E-state index in [1.165, 1.54) is 0 Å². The fraction of sp³-hybridized carbons (Fsp3) is 0.103. The molecule has 0 bridgehead atoms. The second-order valence-corrected chi connectivity index (χ2v) is 8.02. The molecule has 0 unspecified atom stereocenters. The van der Waals surface area contributed by atoms with Gasteiger partial charge in [0, 0.05) is 39.5 Å². The molecule has 0 spiro atoms. The fourth-order valence-corrected chi connectivity index (χ4v) is 4.18. The summed E-state index contributed by atoms with van der Waals surface area (Å²) < 4.78 is 16.9. The number of aryl methyl sites for hydroxylation is 1. The number of aliphatic imine (C=N–C) groups is 1. The van der Waals surface area contributed by atoms with Crippen LogP contribution in [-0.2, 0) is 0 Å². The lowest BCUT2D eigenvalue weighted by molar-refractivity contribution is 0.414. The van der Waals surface area contributed by atoms with E-state index in [4.69, 9.17) is 13.9 Å². The quantitative estimate of drug-likeness (QED) is 0.275. The summed E-state index contributed by atoms with van der Waals surface area (Å²) in [4.78, 5) is 8.02. The predicted molar refractivity (Wildman–Crippen MR) is 138 cm³/mol. The van der Waals surface area contributed by atoms with Gasteiger partial charge in [0.15, 0.2) is 0 Å². The van der Waals surface area contributed by atoms with Gasteiger partial charge < -0.3 is 18.9 Å². The molecule has 35 heavy (non-hydrogen) atoms. The molecule has 2 heterocycles. The van der Waals surface area contributed by atoms with Crippen LogP contribution >= 0.6 is 0 Å². The first-order valence-corrected chi connectivity index (χ1v) is 11.1. The normalized spacial score (nSPS) is 11.1. The van der Waals surface area contributed by atoms with Crippen LogP contribution in [0.3, 0.4) is 0 Å². The van der Waals surface area contributed by atoms with E-state index in [0.717, 1.165) is 44.8 Å². The maximum absolute atomic E-state index is 10.2. The number of benzene rings is 3. The number of nitrogens with one attached hydrogen (secondary N) is 1. The Balaban J connectivity index is 1.67. The topological polar surface area (TPSA) is 83.5 Å². The molecule has 0 saturated heterocycles. The number of ether oxygens (including phenoxy) is 2. The van der Waals surface area contributed by atoms with Crippen LogP contribution in [0.15, 0.2) is 82.2 Å². The van der Waals surface area contributed by atoms with Crippen LogP contribution in [0.2, 0.25) is 0 Å². The van der Waals surface area contributed by atoms with E-state index >= 15 is 0 Å². The molecule has 3 aromatic carbocycles. The lowest BCUT2D eigenvalue weighted by Crippen LogP contribution is -1.87.